The van der Waals surface area contributed by atoms with Gasteiger partial charge in [-0.1, -0.05) is 24.3 Å². The van der Waals surface area contributed by atoms with E-state index in [2.05, 4.69) is 10.1 Å². The summed E-state index contributed by atoms with van der Waals surface area (Å²) in [5.74, 6) is -2.01. The van der Waals surface area contributed by atoms with E-state index >= 15 is 0 Å². The number of para-hydroxylation sites is 2. The fraction of sp³-hybridized carbons (Fsp3) is 0.118. The van der Waals surface area contributed by atoms with Gasteiger partial charge in [0.05, 0.1) is 11.3 Å². The van der Waals surface area contributed by atoms with Gasteiger partial charge in [0.1, 0.15) is 17.4 Å². The Hall–Kier alpha value is -3.47. The number of amides is 1. The van der Waals surface area contributed by atoms with E-state index in [1.54, 1.807) is 12.1 Å². The lowest BCUT2D eigenvalue weighted by molar-refractivity contribution is -0.119. The molecule has 0 bridgehead atoms. The zero-order chi connectivity index (χ0) is 18.2. The SMILES string of the molecule is N#Cc1ccccc1NC(=O)COC(=O)c1ccccc1OC(F)F. The van der Waals surface area contributed by atoms with Crippen LogP contribution in [0, 0.1) is 11.3 Å². The molecule has 1 amide bonds. The zero-order valence-corrected chi connectivity index (χ0v) is 12.7. The number of alkyl halides is 2. The predicted octanol–water partition coefficient (Wildman–Crippen LogP) is 2.96. The van der Waals surface area contributed by atoms with E-state index in [4.69, 9.17) is 10.00 Å². The van der Waals surface area contributed by atoms with E-state index in [0.717, 1.165) is 0 Å². The first kappa shape index (κ1) is 17.9. The maximum atomic E-state index is 12.3. The van der Waals surface area contributed by atoms with Gasteiger partial charge in [-0.2, -0.15) is 14.0 Å². The minimum atomic E-state index is -3.10. The second kappa shape index (κ2) is 8.40. The molecule has 2 aromatic carbocycles. The molecule has 2 aromatic rings. The predicted molar refractivity (Wildman–Crippen MR) is 83.1 cm³/mol. The quantitative estimate of drug-likeness (QED) is 0.813. The van der Waals surface area contributed by atoms with Crippen LogP contribution in [0.5, 0.6) is 5.75 Å². The van der Waals surface area contributed by atoms with Crippen LogP contribution in [0.4, 0.5) is 14.5 Å². The summed E-state index contributed by atoms with van der Waals surface area (Å²) in [5.41, 5.74) is 0.290. The molecule has 0 heterocycles. The molecule has 0 aliphatic rings. The molecule has 128 valence electrons. The Bertz CT molecular complexity index is 818. The van der Waals surface area contributed by atoms with Gasteiger partial charge in [-0.15, -0.1) is 0 Å². The normalized spacial score (nSPS) is 10.0. The van der Waals surface area contributed by atoms with Crippen LogP contribution in [0.1, 0.15) is 15.9 Å². The standard InChI is InChI=1S/C17H12F2N2O4/c18-17(19)25-14-8-4-2-6-12(14)16(23)24-10-15(22)21-13-7-3-1-5-11(13)9-20/h1-8,17H,10H2,(H,21,22). The van der Waals surface area contributed by atoms with Gasteiger partial charge in [0.25, 0.3) is 5.91 Å². The number of carbonyl (C=O) groups excluding carboxylic acids is 2. The van der Waals surface area contributed by atoms with Crippen molar-refractivity contribution in [3.05, 3.63) is 59.7 Å². The average molecular weight is 346 g/mol. The lowest BCUT2D eigenvalue weighted by Crippen LogP contribution is -2.21. The monoisotopic (exact) mass is 346 g/mol. The van der Waals surface area contributed by atoms with Gasteiger partial charge < -0.3 is 14.8 Å². The number of nitriles is 1. The van der Waals surface area contributed by atoms with Crippen molar-refractivity contribution in [1.82, 2.24) is 0 Å². The van der Waals surface area contributed by atoms with Gasteiger partial charge in [0.2, 0.25) is 0 Å². The van der Waals surface area contributed by atoms with E-state index in [0.29, 0.717) is 0 Å². The van der Waals surface area contributed by atoms with Crippen LogP contribution in [-0.2, 0) is 9.53 Å². The summed E-state index contributed by atoms with van der Waals surface area (Å²) in [6.07, 6.45) is 0. The van der Waals surface area contributed by atoms with Gasteiger partial charge in [0.15, 0.2) is 6.61 Å². The van der Waals surface area contributed by atoms with Crippen molar-refractivity contribution >= 4 is 17.6 Å². The number of ether oxygens (including phenoxy) is 2. The topological polar surface area (TPSA) is 88.4 Å². The fourth-order valence-electron chi connectivity index (χ4n) is 1.92. The van der Waals surface area contributed by atoms with Gasteiger partial charge in [-0.05, 0) is 24.3 Å². The second-order valence-corrected chi connectivity index (χ2v) is 4.66. The highest BCUT2D eigenvalue weighted by Crippen LogP contribution is 2.21. The summed E-state index contributed by atoms with van der Waals surface area (Å²) >= 11 is 0. The van der Waals surface area contributed by atoms with Crippen molar-refractivity contribution in [3.8, 4) is 11.8 Å². The minimum absolute atomic E-state index is 0.229. The molecule has 0 spiro atoms. The summed E-state index contributed by atoms with van der Waals surface area (Å²) in [6.45, 7) is -3.75. The Morgan fingerprint density at radius 2 is 1.80 bits per heavy atom. The molecule has 6 nitrogen and oxygen atoms in total. The third-order valence-corrected chi connectivity index (χ3v) is 2.98. The molecule has 0 aliphatic heterocycles. The van der Waals surface area contributed by atoms with Crippen LogP contribution in [0.2, 0.25) is 0 Å². The molecule has 8 heteroatoms. The number of nitrogens with zero attached hydrogens (tertiary/aromatic N) is 1. The van der Waals surface area contributed by atoms with E-state index in [1.165, 1.54) is 36.4 Å². The highest BCUT2D eigenvalue weighted by atomic mass is 19.3. The van der Waals surface area contributed by atoms with Crippen LogP contribution in [0.3, 0.4) is 0 Å². The lowest BCUT2D eigenvalue weighted by Gasteiger charge is -2.11. The number of carbonyl (C=O) groups is 2. The molecule has 25 heavy (non-hydrogen) atoms. The summed E-state index contributed by atoms with van der Waals surface area (Å²) in [7, 11) is 0. The summed E-state index contributed by atoms with van der Waals surface area (Å²) in [5, 5.41) is 11.4. The van der Waals surface area contributed by atoms with Crippen LogP contribution in [0.15, 0.2) is 48.5 Å². The summed E-state index contributed by atoms with van der Waals surface area (Å²) in [6, 6.07) is 13.5. The fourth-order valence-corrected chi connectivity index (χ4v) is 1.92. The average Bonchev–Trinajstić information content (AvgIpc) is 2.60. The molecule has 0 radical (unpaired) electrons. The molecular weight excluding hydrogens is 334 g/mol. The number of halogens is 2. The Kier molecular flexibility index (Phi) is 6.01. The number of rotatable bonds is 6. The van der Waals surface area contributed by atoms with E-state index in [9.17, 15) is 18.4 Å². The van der Waals surface area contributed by atoms with Crippen molar-refractivity contribution in [1.29, 1.82) is 5.26 Å². The van der Waals surface area contributed by atoms with Crippen molar-refractivity contribution in [2.75, 3.05) is 11.9 Å². The maximum absolute atomic E-state index is 12.3. The second-order valence-electron chi connectivity index (χ2n) is 4.66. The first-order valence-corrected chi connectivity index (χ1v) is 7.01. The Labute approximate surface area is 141 Å². The van der Waals surface area contributed by atoms with E-state index in [-0.39, 0.29) is 22.6 Å². The van der Waals surface area contributed by atoms with E-state index in [1.807, 2.05) is 6.07 Å². The highest BCUT2D eigenvalue weighted by Gasteiger charge is 2.18. The number of nitrogens with one attached hydrogen (secondary N) is 1. The van der Waals surface area contributed by atoms with Crippen LogP contribution in [-0.4, -0.2) is 25.1 Å². The molecule has 1 N–H and O–H groups in total. The molecule has 0 aromatic heterocycles. The van der Waals surface area contributed by atoms with Crippen molar-refractivity contribution in [2.24, 2.45) is 0 Å². The van der Waals surface area contributed by atoms with E-state index < -0.39 is 25.1 Å². The third kappa shape index (κ3) is 5.00. The zero-order valence-electron chi connectivity index (χ0n) is 12.7. The molecule has 0 saturated carbocycles. The number of hydrogen-bond acceptors (Lipinski definition) is 5. The number of benzene rings is 2. The first-order valence-electron chi connectivity index (χ1n) is 7.01. The third-order valence-electron chi connectivity index (χ3n) is 2.98. The van der Waals surface area contributed by atoms with Gasteiger partial charge in [-0.3, -0.25) is 4.79 Å². The van der Waals surface area contributed by atoms with Crippen LogP contribution >= 0.6 is 0 Å². The smallest absolute Gasteiger partial charge is 0.387 e. The molecule has 0 saturated heterocycles. The molecular formula is C17H12F2N2O4. The van der Waals surface area contributed by atoms with Crippen LogP contribution < -0.4 is 10.1 Å². The van der Waals surface area contributed by atoms with Gasteiger partial charge in [-0.25, -0.2) is 4.79 Å². The Balaban J connectivity index is 1.98. The van der Waals surface area contributed by atoms with Crippen molar-refractivity contribution < 1.29 is 27.8 Å². The van der Waals surface area contributed by atoms with Crippen molar-refractivity contribution in [3.63, 3.8) is 0 Å². The molecule has 0 aliphatic carbocycles. The molecule has 0 unspecified atom stereocenters. The molecule has 0 fully saturated rings. The van der Waals surface area contributed by atoms with Gasteiger partial charge in [0, 0.05) is 0 Å². The number of hydrogen-bond donors (Lipinski definition) is 1. The van der Waals surface area contributed by atoms with Crippen LogP contribution in [0.25, 0.3) is 0 Å². The number of esters is 1. The highest BCUT2D eigenvalue weighted by molar-refractivity contribution is 5.97. The lowest BCUT2D eigenvalue weighted by atomic mass is 10.2. The minimum Gasteiger partial charge on any atom is -0.452 e. The van der Waals surface area contributed by atoms with Crippen molar-refractivity contribution in [2.45, 2.75) is 6.61 Å². The summed E-state index contributed by atoms with van der Waals surface area (Å²) in [4.78, 5) is 23.8. The molecule has 2 rings (SSSR count). The van der Waals surface area contributed by atoms with Gasteiger partial charge >= 0.3 is 12.6 Å². The first-order chi connectivity index (χ1) is 12.0. The maximum Gasteiger partial charge on any atom is 0.387 e. The Morgan fingerprint density at radius 1 is 1.12 bits per heavy atom. The Morgan fingerprint density at radius 3 is 2.52 bits per heavy atom. The number of anilines is 1. The summed E-state index contributed by atoms with van der Waals surface area (Å²) < 4.78 is 33.7. The molecule has 0 atom stereocenters. The largest absolute Gasteiger partial charge is 0.452 e.